The van der Waals surface area contributed by atoms with Crippen molar-refractivity contribution in [1.82, 2.24) is 10.2 Å². The lowest BCUT2D eigenvalue weighted by Gasteiger charge is -2.28. The Balaban J connectivity index is 4.61. The number of amides is 1. The van der Waals surface area contributed by atoms with Crippen LogP contribution in [0.3, 0.4) is 0 Å². The van der Waals surface area contributed by atoms with E-state index in [4.69, 9.17) is 0 Å². The monoisotopic (exact) mass is 314 g/mol. The summed E-state index contributed by atoms with van der Waals surface area (Å²) in [5.41, 5.74) is 0. The van der Waals surface area contributed by atoms with E-state index in [1.807, 2.05) is 0 Å². The molecule has 0 aromatic rings. The predicted octanol–water partition coefficient (Wildman–Crippen LogP) is 2.16. The molecule has 0 aliphatic carbocycles. The Morgan fingerprint density at radius 2 is 1.63 bits per heavy atom. The number of alkyl halides is 7. The molecule has 0 heterocycles. The van der Waals surface area contributed by atoms with Gasteiger partial charge in [0.15, 0.2) is 0 Å². The van der Waals surface area contributed by atoms with E-state index >= 15 is 0 Å². The molecular weight excluding hydrogens is 302 g/mol. The second kappa shape index (κ2) is 6.17. The summed E-state index contributed by atoms with van der Waals surface area (Å²) in [5.74, 6) is -14.1. The number of nitrogens with zero attached hydrogens (tertiary/aromatic N) is 1. The summed E-state index contributed by atoms with van der Waals surface area (Å²) in [4.78, 5) is 12.5. The molecule has 19 heavy (non-hydrogen) atoms. The lowest BCUT2D eigenvalue weighted by molar-refractivity contribution is -0.269. The number of carbonyl (C=O) groups excluding carboxylic acids is 1. The van der Waals surface area contributed by atoms with Crippen molar-refractivity contribution >= 4 is 17.5 Å². The lowest BCUT2D eigenvalue weighted by Crippen LogP contribution is -2.59. The Morgan fingerprint density at radius 3 is 2.00 bits per heavy atom. The van der Waals surface area contributed by atoms with Crippen molar-refractivity contribution in [2.75, 3.05) is 27.2 Å². The first-order valence-corrected chi connectivity index (χ1v) is 5.47. The molecule has 0 fully saturated rings. The first kappa shape index (κ1) is 18.3. The molecule has 0 saturated carbocycles. The van der Waals surface area contributed by atoms with Crippen LogP contribution in [0.4, 0.5) is 26.3 Å². The molecule has 0 atom stereocenters. The van der Waals surface area contributed by atoms with Gasteiger partial charge >= 0.3 is 17.2 Å². The zero-order valence-corrected chi connectivity index (χ0v) is 10.9. The SMILES string of the molecule is CN(C)CCCNC(=O)C(F)(F)C(F)(F)C(F)(F)Cl. The smallest absolute Gasteiger partial charge is 0.351 e. The average Bonchev–Trinajstić information content (AvgIpc) is 2.21. The fraction of sp³-hybridized carbons (Fsp3) is 0.889. The van der Waals surface area contributed by atoms with Crippen molar-refractivity contribution in [3.63, 3.8) is 0 Å². The Kier molecular flexibility index (Phi) is 5.94. The molecule has 0 aliphatic rings. The Bertz CT molecular complexity index is 318. The third-order valence-corrected chi connectivity index (χ3v) is 2.34. The van der Waals surface area contributed by atoms with E-state index in [1.54, 1.807) is 19.0 Å². The van der Waals surface area contributed by atoms with Gasteiger partial charge in [0, 0.05) is 6.54 Å². The van der Waals surface area contributed by atoms with Crippen LogP contribution in [0.25, 0.3) is 0 Å². The number of halogens is 7. The van der Waals surface area contributed by atoms with Crippen molar-refractivity contribution < 1.29 is 31.1 Å². The van der Waals surface area contributed by atoms with Crippen molar-refractivity contribution in [1.29, 1.82) is 0 Å². The highest BCUT2D eigenvalue weighted by Gasteiger charge is 2.74. The van der Waals surface area contributed by atoms with Gasteiger partial charge in [-0.3, -0.25) is 4.79 Å². The van der Waals surface area contributed by atoms with E-state index in [9.17, 15) is 31.1 Å². The molecule has 0 aromatic carbocycles. The standard InChI is InChI=1S/C9H13ClF6N2O/c1-18(2)5-3-4-17-6(19)7(11,12)8(13,14)9(10,15)16/h3-5H2,1-2H3,(H,17,19). The summed E-state index contributed by atoms with van der Waals surface area (Å²) >= 11 is 3.91. The van der Waals surface area contributed by atoms with Gasteiger partial charge in [-0.25, -0.2) is 0 Å². The van der Waals surface area contributed by atoms with Gasteiger partial charge in [0.1, 0.15) is 0 Å². The molecule has 0 aromatic heterocycles. The normalized spacial score (nSPS) is 13.8. The second-order valence-corrected chi connectivity index (χ2v) is 4.53. The first-order valence-electron chi connectivity index (χ1n) is 5.09. The molecule has 0 bridgehead atoms. The number of hydrogen-bond donors (Lipinski definition) is 1. The molecule has 0 saturated heterocycles. The predicted molar refractivity (Wildman–Crippen MR) is 56.9 cm³/mol. The zero-order valence-electron chi connectivity index (χ0n) is 10.1. The van der Waals surface area contributed by atoms with Crippen molar-refractivity contribution in [3.8, 4) is 0 Å². The highest BCUT2D eigenvalue weighted by Crippen LogP contribution is 2.47. The van der Waals surface area contributed by atoms with E-state index < -0.39 is 23.1 Å². The van der Waals surface area contributed by atoms with Crippen LogP contribution < -0.4 is 5.32 Å². The Labute approximate surface area is 110 Å². The number of rotatable bonds is 7. The summed E-state index contributed by atoms with van der Waals surface area (Å²) < 4.78 is 75.7. The van der Waals surface area contributed by atoms with Crippen LogP contribution in [0, 0.1) is 0 Å². The number of nitrogens with one attached hydrogen (secondary N) is 1. The minimum absolute atomic E-state index is 0.192. The average molecular weight is 315 g/mol. The maximum Gasteiger partial charge on any atom is 0.395 e. The fourth-order valence-electron chi connectivity index (χ4n) is 1.03. The Hall–Kier alpha value is -0.700. The number of carbonyl (C=O) groups is 1. The minimum Gasteiger partial charge on any atom is -0.351 e. The van der Waals surface area contributed by atoms with Crippen molar-refractivity contribution in [2.45, 2.75) is 23.6 Å². The van der Waals surface area contributed by atoms with Gasteiger partial charge in [-0.2, -0.15) is 26.3 Å². The third-order valence-electron chi connectivity index (χ3n) is 2.10. The van der Waals surface area contributed by atoms with E-state index in [1.165, 1.54) is 5.32 Å². The first-order chi connectivity index (χ1) is 8.34. The maximum atomic E-state index is 12.9. The molecule has 0 aliphatic heterocycles. The van der Waals surface area contributed by atoms with E-state index in [0.717, 1.165) is 0 Å². The van der Waals surface area contributed by atoms with Gasteiger partial charge in [-0.1, -0.05) is 0 Å². The minimum atomic E-state index is -5.98. The molecular formula is C9H13ClF6N2O. The van der Waals surface area contributed by atoms with Gasteiger partial charge in [-0.15, -0.1) is 0 Å². The topological polar surface area (TPSA) is 32.3 Å². The maximum absolute atomic E-state index is 12.9. The molecule has 0 spiro atoms. The fourth-order valence-corrected chi connectivity index (χ4v) is 1.15. The van der Waals surface area contributed by atoms with Crippen LogP contribution in [0.5, 0.6) is 0 Å². The van der Waals surface area contributed by atoms with Crippen LogP contribution in [0.2, 0.25) is 0 Å². The molecule has 0 rings (SSSR count). The summed E-state index contributed by atoms with van der Waals surface area (Å²) in [7, 11) is 3.33. The van der Waals surface area contributed by atoms with Gasteiger partial charge in [0.2, 0.25) is 0 Å². The third kappa shape index (κ3) is 4.41. The van der Waals surface area contributed by atoms with Crippen LogP contribution in [-0.4, -0.2) is 55.2 Å². The van der Waals surface area contributed by atoms with E-state index in [0.29, 0.717) is 6.54 Å². The highest BCUT2D eigenvalue weighted by molar-refractivity contribution is 6.22. The van der Waals surface area contributed by atoms with Crippen molar-refractivity contribution in [2.24, 2.45) is 0 Å². The van der Waals surface area contributed by atoms with Gasteiger partial charge in [-0.05, 0) is 38.7 Å². The largest absolute Gasteiger partial charge is 0.395 e. The van der Waals surface area contributed by atoms with E-state index in [-0.39, 0.29) is 13.0 Å². The van der Waals surface area contributed by atoms with Crippen molar-refractivity contribution in [3.05, 3.63) is 0 Å². The zero-order chi connectivity index (χ0) is 15.5. The van der Waals surface area contributed by atoms with Gasteiger partial charge in [0.05, 0.1) is 0 Å². The highest BCUT2D eigenvalue weighted by atomic mass is 35.5. The van der Waals surface area contributed by atoms with E-state index in [2.05, 4.69) is 11.6 Å². The molecule has 3 nitrogen and oxygen atoms in total. The summed E-state index contributed by atoms with van der Waals surface area (Å²) in [6, 6.07) is 0. The summed E-state index contributed by atoms with van der Waals surface area (Å²) in [5, 5.41) is -4.06. The summed E-state index contributed by atoms with van der Waals surface area (Å²) in [6.45, 7) is 0.0461. The van der Waals surface area contributed by atoms with Crippen LogP contribution in [0.1, 0.15) is 6.42 Å². The van der Waals surface area contributed by atoms with Crippen LogP contribution >= 0.6 is 11.6 Å². The molecule has 0 unspecified atom stereocenters. The Morgan fingerprint density at radius 1 is 1.16 bits per heavy atom. The summed E-state index contributed by atoms with van der Waals surface area (Å²) in [6.07, 6.45) is 0.192. The molecule has 10 heteroatoms. The quantitative estimate of drug-likeness (QED) is 0.444. The lowest BCUT2D eigenvalue weighted by atomic mass is 10.1. The van der Waals surface area contributed by atoms with Gasteiger partial charge in [0.25, 0.3) is 5.91 Å². The molecule has 1 N–H and O–H groups in total. The van der Waals surface area contributed by atoms with Gasteiger partial charge < -0.3 is 10.2 Å². The van der Waals surface area contributed by atoms with Crippen LogP contribution in [-0.2, 0) is 4.79 Å². The second-order valence-electron chi connectivity index (χ2n) is 4.06. The molecule has 1 amide bonds. The molecule has 114 valence electrons. The molecule has 0 radical (unpaired) electrons. The number of hydrogen-bond acceptors (Lipinski definition) is 2. The van der Waals surface area contributed by atoms with Crippen LogP contribution in [0.15, 0.2) is 0 Å².